The van der Waals surface area contributed by atoms with Gasteiger partial charge in [-0.25, -0.2) is 4.98 Å². The van der Waals surface area contributed by atoms with Crippen molar-refractivity contribution < 1.29 is 4.74 Å². The summed E-state index contributed by atoms with van der Waals surface area (Å²) in [5, 5.41) is 6.71. The van der Waals surface area contributed by atoms with Crippen molar-refractivity contribution >= 4 is 17.0 Å². The minimum atomic E-state index is 0.278. The fourth-order valence-corrected chi connectivity index (χ4v) is 3.09. The zero-order valence-electron chi connectivity index (χ0n) is 14.6. The first-order valence-electron chi connectivity index (χ1n) is 8.83. The number of imidazole rings is 1. The largest absolute Gasteiger partial charge is 0.376 e. The molecule has 6 nitrogen and oxygen atoms in total. The predicted molar refractivity (Wildman–Crippen MR) is 97.4 cm³/mol. The van der Waals surface area contributed by atoms with Crippen LogP contribution in [0.3, 0.4) is 0 Å². The molecule has 0 spiro atoms. The first-order chi connectivity index (χ1) is 11.8. The lowest BCUT2D eigenvalue weighted by Gasteiger charge is -2.14. The van der Waals surface area contributed by atoms with Crippen LogP contribution in [0.2, 0.25) is 0 Å². The maximum absolute atomic E-state index is 5.63. The highest BCUT2D eigenvalue weighted by Gasteiger charge is 2.14. The van der Waals surface area contributed by atoms with Crippen LogP contribution in [0.25, 0.3) is 11.0 Å². The maximum Gasteiger partial charge on any atom is 0.191 e. The Hall–Kier alpha value is -2.08. The molecule has 0 radical (unpaired) electrons. The molecule has 2 heterocycles. The minimum Gasteiger partial charge on any atom is -0.376 e. The fraction of sp³-hybridized carbons (Fsp3) is 0.556. The van der Waals surface area contributed by atoms with Crippen molar-refractivity contribution in [1.82, 2.24) is 20.2 Å². The Morgan fingerprint density at radius 2 is 2.25 bits per heavy atom. The highest BCUT2D eigenvalue weighted by molar-refractivity contribution is 5.79. The van der Waals surface area contributed by atoms with Gasteiger partial charge in [-0.05, 0) is 38.8 Å². The zero-order chi connectivity index (χ0) is 16.8. The number of benzene rings is 1. The van der Waals surface area contributed by atoms with Gasteiger partial charge < -0.3 is 19.9 Å². The molecule has 1 saturated heterocycles. The smallest absolute Gasteiger partial charge is 0.191 e. The molecule has 130 valence electrons. The summed E-state index contributed by atoms with van der Waals surface area (Å²) in [6, 6.07) is 8.25. The van der Waals surface area contributed by atoms with Gasteiger partial charge in [-0.2, -0.15) is 0 Å². The Bertz CT molecular complexity index is 688. The van der Waals surface area contributed by atoms with Crippen molar-refractivity contribution in [3.63, 3.8) is 0 Å². The second kappa shape index (κ2) is 8.15. The average Bonchev–Trinajstić information content (AvgIpc) is 3.20. The Kier molecular flexibility index (Phi) is 5.69. The number of nitrogens with one attached hydrogen (secondary N) is 2. The number of para-hydroxylation sites is 2. The van der Waals surface area contributed by atoms with Crippen LogP contribution in [0, 0.1) is 6.92 Å². The third-order valence-electron chi connectivity index (χ3n) is 4.29. The van der Waals surface area contributed by atoms with Crippen molar-refractivity contribution in [2.45, 2.75) is 39.3 Å². The van der Waals surface area contributed by atoms with E-state index >= 15 is 0 Å². The van der Waals surface area contributed by atoms with Crippen LogP contribution in [-0.2, 0) is 11.3 Å². The van der Waals surface area contributed by atoms with Crippen molar-refractivity contribution in [1.29, 1.82) is 0 Å². The van der Waals surface area contributed by atoms with Crippen LogP contribution in [-0.4, -0.2) is 47.9 Å². The molecule has 1 atom stereocenters. The van der Waals surface area contributed by atoms with Crippen LogP contribution in [0.1, 0.15) is 25.6 Å². The zero-order valence-corrected chi connectivity index (χ0v) is 14.6. The van der Waals surface area contributed by atoms with Gasteiger partial charge in [0.15, 0.2) is 5.96 Å². The van der Waals surface area contributed by atoms with E-state index in [-0.39, 0.29) is 6.10 Å². The van der Waals surface area contributed by atoms with E-state index in [0.29, 0.717) is 0 Å². The molecule has 0 bridgehead atoms. The molecular weight excluding hydrogens is 302 g/mol. The summed E-state index contributed by atoms with van der Waals surface area (Å²) < 4.78 is 7.88. The van der Waals surface area contributed by atoms with Crippen molar-refractivity contribution in [2.75, 3.05) is 26.2 Å². The molecule has 1 fully saturated rings. The Balaban J connectivity index is 1.57. The number of guanidine groups is 1. The monoisotopic (exact) mass is 329 g/mol. The lowest BCUT2D eigenvalue weighted by molar-refractivity contribution is 0.117. The fourth-order valence-electron chi connectivity index (χ4n) is 3.09. The van der Waals surface area contributed by atoms with E-state index in [9.17, 15) is 0 Å². The van der Waals surface area contributed by atoms with Crippen LogP contribution in [0.4, 0.5) is 0 Å². The van der Waals surface area contributed by atoms with E-state index in [0.717, 1.165) is 62.9 Å². The van der Waals surface area contributed by atoms with Crippen LogP contribution >= 0.6 is 0 Å². The Morgan fingerprint density at radius 1 is 1.38 bits per heavy atom. The highest BCUT2D eigenvalue weighted by atomic mass is 16.5. The van der Waals surface area contributed by atoms with Gasteiger partial charge in [-0.3, -0.25) is 4.99 Å². The molecule has 2 N–H and O–H groups in total. The molecule has 0 aliphatic carbocycles. The van der Waals surface area contributed by atoms with Crippen LogP contribution < -0.4 is 10.6 Å². The SMILES string of the molecule is CCNC(=NCC1CCCO1)NCCn1c(C)nc2ccccc21. The van der Waals surface area contributed by atoms with Gasteiger partial charge in [-0.15, -0.1) is 0 Å². The van der Waals surface area contributed by atoms with Crippen molar-refractivity contribution in [3.05, 3.63) is 30.1 Å². The summed E-state index contributed by atoms with van der Waals surface area (Å²) in [4.78, 5) is 9.25. The number of aliphatic imine (C=N–C) groups is 1. The number of rotatable bonds is 6. The number of nitrogens with zero attached hydrogens (tertiary/aromatic N) is 3. The number of fused-ring (bicyclic) bond motifs is 1. The third-order valence-corrected chi connectivity index (χ3v) is 4.29. The molecule has 24 heavy (non-hydrogen) atoms. The molecule has 1 aromatic heterocycles. The van der Waals surface area contributed by atoms with Gasteiger partial charge in [-0.1, -0.05) is 12.1 Å². The van der Waals surface area contributed by atoms with E-state index in [4.69, 9.17) is 4.74 Å². The van der Waals surface area contributed by atoms with Crippen molar-refractivity contribution in [2.24, 2.45) is 4.99 Å². The molecule has 3 rings (SSSR count). The molecule has 1 aliphatic rings. The second-order valence-electron chi connectivity index (χ2n) is 6.08. The molecule has 1 aliphatic heterocycles. The van der Waals surface area contributed by atoms with Gasteiger partial charge in [0, 0.05) is 26.2 Å². The topological polar surface area (TPSA) is 63.5 Å². The van der Waals surface area contributed by atoms with Gasteiger partial charge in [0.1, 0.15) is 5.82 Å². The number of aromatic nitrogens is 2. The first-order valence-corrected chi connectivity index (χ1v) is 8.83. The summed E-state index contributed by atoms with van der Waals surface area (Å²) in [6.45, 7) is 8.24. The summed E-state index contributed by atoms with van der Waals surface area (Å²) >= 11 is 0. The first kappa shape index (κ1) is 16.8. The van der Waals surface area contributed by atoms with E-state index in [1.165, 1.54) is 5.52 Å². The average molecular weight is 329 g/mol. The molecule has 2 aromatic rings. The summed E-state index contributed by atoms with van der Waals surface area (Å²) in [5.74, 6) is 1.90. The quantitative estimate of drug-likeness (QED) is 0.629. The Labute approximate surface area is 143 Å². The summed E-state index contributed by atoms with van der Waals surface area (Å²) in [5.41, 5.74) is 2.23. The van der Waals surface area contributed by atoms with E-state index in [2.05, 4.69) is 57.2 Å². The van der Waals surface area contributed by atoms with Crippen LogP contribution in [0.5, 0.6) is 0 Å². The standard InChI is InChI=1S/C18H27N5O/c1-3-19-18(21-13-15-7-6-12-24-15)20-10-11-23-14(2)22-16-8-4-5-9-17(16)23/h4-5,8-9,15H,3,6-7,10-13H2,1-2H3,(H2,19,20,21). The number of hydrogen-bond donors (Lipinski definition) is 2. The predicted octanol–water partition coefficient (Wildman–Crippen LogP) is 2.08. The molecule has 0 saturated carbocycles. The molecular formula is C18H27N5O. The maximum atomic E-state index is 5.63. The molecule has 1 unspecified atom stereocenters. The van der Waals surface area contributed by atoms with Crippen molar-refractivity contribution in [3.8, 4) is 0 Å². The molecule has 0 amide bonds. The molecule has 6 heteroatoms. The van der Waals surface area contributed by atoms with E-state index in [1.54, 1.807) is 0 Å². The summed E-state index contributed by atoms with van der Waals surface area (Å²) in [7, 11) is 0. The lowest BCUT2D eigenvalue weighted by Crippen LogP contribution is -2.39. The summed E-state index contributed by atoms with van der Waals surface area (Å²) in [6.07, 6.45) is 2.54. The number of hydrogen-bond acceptors (Lipinski definition) is 3. The minimum absolute atomic E-state index is 0.278. The number of ether oxygens (including phenoxy) is 1. The lowest BCUT2D eigenvalue weighted by atomic mass is 10.2. The normalized spacial score (nSPS) is 18.2. The van der Waals surface area contributed by atoms with Crippen LogP contribution in [0.15, 0.2) is 29.3 Å². The Morgan fingerprint density at radius 3 is 3.04 bits per heavy atom. The number of aryl methyl sites for hydroxylation is 1. The van der Waals surface area contributed by atoms with Gasteiger partial charge in [0.05, 0.1) is 23.7 Å². The highest BCUT2D eigenvalue weighted by Crippen LogP contribution is 2.15. The van der Waals surface area contributed by atoms with E-state index < -0.39 is 0 Å². The van der Waals surface area contributed by atoms with Gasteiger partial charge in [0.25, 0.3) is 0 Å². The molecule has 1 aromatic carbocycles. The third kappa shape index (κ3) is 4.06. The van der Waals surface area contributed by atoms with E-state index in [1.807, 2.05) is 6.07 Å². The van der Waals surface area contributed by atoms with Gasteiger partial charge in [0.2, 0.25) is 0 Å². The second-order valence-corrected chi connectivity index (χ2v) is 6.08. The van der Waals surface area contributed by atoms with Gasteiger partial charge >= 0.3 is 0 Å².